The van der Waals surface area contributed by atoms with E-state index in [2.05, 4.69) is 10.1 Å². The van der Waals surface area contributed by atoms with Gasteiger partial charge < -0.3 is 4.74 Å². The smallest absolute Gasteiger partial charge is 0.332 e. The molecular formula is C18H26N6O4. The number of imidazole rings is 1. The molecular weight excluding hydrogens is 364 g/mol. The number of anilines is 1. The summed E-state index contributed by atoms with van der Waals surface area (Å²) in [4.78, 5) is 42.2. The fraction of sp³-hybridized carbons (Fsp3) is 0.611. The van der Waals surface area contributed by atoms with E-state index in [4.69, 9.17) is 4.74 Å². The molecule has 1 aliphatic rings. The molecule has 1 aliphatic heterocycles. The lowest BCUT2D eigenvalue weighted by Crippen LogP contribution is -2.40. The average Bonchev–Trinajstić information content (AvgIpc) is 2.99. The van der Waals surface area contributed by atoms with Gasteiger partial charge in [-0.3, -0.25) is 23.3 Å². The number of rotatable bonds is 6. The van der Waals surface area contributed by atoms with Crippen molar-refractivity contribution in [1.82, 2.24) is 18.7 Å². The minimum atomic E-state index is -0.442. The Labute approximate surface area is 162 Å². The van der Waals surface area contributed by atoms with Crippen LogP contribution in [0.5, 0.6) is 0 Å². The van der Waals surface area contributed by atoms with E-state index in [1.54, 1.807) is 18.5 Å². The zero-order chi connectivity index (χ0) is 20.6. The van der Waals surface area contributed by atoms with Crippen LogP contribution in [-0.4, -0.2) is 43.5 Å². The summed E-state index contributed by atoms with van der Waals surface area (Å²) in [6, 6.07) is 0. The first-order chi connectivity index (χ1) is 13.2. The number of nitrogens with zero attached hydrogens (tertiary/aromatic N) is 6. The molecule has 0 N–H and O–H groups in total. The van der Waals surface area contributed by atoms with Crippen molar-refractivity contribution in [3.63, 3.8) is 0 Å². The predicted octanol–water partition coefficient (Wildman–Crippen LogP) is 0.702. The molecule has 3 heterocycles. The van der Waals surface area contributed by atoms with Gasteiger partial charge in [0.1, 0.15) is 6.54 Å². The highest BCUT2D eigenvalue weighted by Crippen LogP contribution is 2.23. The number of fused-ring (bicyclic) bond motifs is 3. The van der Waals surface area contributed by atoms with Crippen LogP contribution in [0.25, 0.3) is 11.2 Å². The second kappa shape index (κ2) is 7.61. The molecule has 2 aromatic rings. The monoisotopic (exact) mass is 390 g/mol. The first-order valence-electron chi connectivity index (χ1n) is 9.41. The van der Waals surface area contributed by atoms with Crippen LogP contribution in [0.3, 0.4) is 0 Å². The van der Waals surface area contributed by atoms with Crippen LogP contribution in [-0.2, 0) is 29.7 Å². The molecule has 152 valence electrons. The first-order valence-corrected chi connectivity index (χ1v) is 9.41. The Bertz CT molecular complexity index is 1060. The summed E-state index contributed by atoms with van der Waals surface area (Å²) in [7, 11) is 1.60. The van der Waals surface area contributed by atoms with E-state index < -0.39 is 11.7 Å². The number of ether oxygens (including phenoxy) is 1. The number of aromatic nitrogens is 4. The standard InChI is InChI=1S/C18H26N6O4/c1-6-28-13(25)10-24-17-19-15-14(23(17)9-12(4)20-24)16(26)22(8-7-11(2)3)18(27)21(15)5/h11H,6-10H2,1-5H3. The molecule has 3 rings (SSSR count). The van der Waals surface area contributed by atoms with Crippen molar-refractivity contribution in [3.05, 3.63) is 20.8 Å². The third kappa shape index (κ3) is 3.46. The lowest BCUT2D eigenvalue weighted by atomic mass is 10.1. The van der Waals surface area contributed by atoms with E-state index in [9.17, 15) is 14.4 Å². The van der Waals surface area contributed by atoms with Crippen LogP contribution in [0, 0.1) is 5.92 Å². The molecule has 0 aliphatic carbocycles. The van der Waals surface area contributed by atoms with Gasteiger partial charge in [0.05, 0.1) is 18.9 Å². The maximum atomic E-state index is 13.1. The quantitative estimate of drug-likeness (QED) is 0.673. The Morgan fingerprint density at radius 3 is 2.64 bits per heavy atom. The van der Waals surface area contributed by atoms with Crippen LogP contribution in [0.1, 0.15) is 34.1 Å². The highest BCUT2D eigenvalue weighted by molar-refractivity contribution is 5.89. The van der Waals surface area contributed by atoms with Gasteiger partial charge in [0.15, 0.2) is 11.2 Å². The lowest BCUT2D eigenvalue weighted by molar-refractivity contribution is -0.141. The topological polar surface area (TPSA) is 104 Å². The predicted molar refractivity (Wildman–Crippen MR) is 106 cm³/mol. The van der Waals surface area contributed by atoms with E-state index in [0.29, 0.717) is 30.5 Å². The molecule has 0 atom stereocenters. The highest BCUT2D eigenvalue weighted by atomic mass is 16.5. The molecule has 2 aromatic heterocycles. The van der Waals surface area contributed by atoms with Crippen LogP contribution in [0.2, 0.25) is 0 Å². The van der Waals surface area contributed by atoms with Crippen molar-refractivity contribution in [2.24, 2.45) is 18.1 Å². The van der Waals surface area contributed by atoms with Crippen molar-refractivity contribution < 1.29 is 9.53 Å². The first kappa shape index (κ1) is 19.8. The Balaban J connectivity index is 2.16. The van der Waals surface area contributed by atoms with Gasteiger partial charge in [-0.25, -0.2) is 9.80 Å². The number of hydrogen-bond acceptors (Lipinski definition) is 7. The number of esters is 1. The summed E-state index contributed by atoms with van der Waals surface area (Å²) >= 11 is 0. The molecule has 0 unspecified atom stereocenters. The van der Waals surface area contributed by atoms with Crippen LogP contribution in [0.15, 0.2) is 14.7 Å². The van der Waals surface area contributed by atoms with Gasteiger partial charge in [-0.05, 0) is 26.2 Å². The lowest BCUT2D eigenvalue weighted by Gasteiger charge is -2.23. The fourth-order valence-electron chi connectivity index (χ4n) is 3.24. The summed E-state index contributed by atoms with van der Waals surface area (Å²) in [6.45, 7) is 8.48. The van der Waals surface area contributed by atoms with Gasteiger partial charge in [0, 0.05) is 13.6 Å². The molecule has 10 heteroatoms. The molecule has 0 bridgehead atoms. The van der Waals surface area contributed by atoms with Crippen molar-refractivity contribution >= 4 is 28.8 Å². The third-order valence-electron chi connectivity index (χ3n) is 4.64. The Hall–Kier alpha value is -2.91. The fourth-order valence-corrected chi connectivity index (χ4v) is 3.24. The summed E-state index contributed by atoms with van der Waals surface area (Å²) in [5.41, 5.74) is 0.568. The summed E-state index contributed by atoms with van der Waals surface area (Å²) < 4.78 is 9.35. The van der Waals surface area contributed by atoms with E-state index in [0.717, 1.165) is 12.1 Å². The van der Waals surface area contributed by atoms with Crippen LogP contribution in [0.4, 0.5) is 5.95 Å². The third-order valence-corrected chi connectivity index (χ3v) is 4.64. The molecule has 0 spiro atoms. The molecule has 10 nitrogen and oxygen atoms in total. The van der Waals surface area contributed by atoms with Crippen LogP contribution < -0.4 is 16.3 Å². The van der Waals surface area contributed by atoms with E-state index in [1.807, 2.05) is 20.8 Å². The van der Waals surface area contributed by atoms with Gasteiger partial charge in [0.2, 0.25) is 5.95 Å². The molecule has 0 radical (unpaired) electrons. The van der Waals surface area contributed by atoms with Gasteiger partial charge >= 0.3 is 11.7 Å². The maximum Gasteiger partial charge on any atom is 0.332 e. The Kier molecular flexibility index (Phi) is 5.39. The van der Waals surface area contributed by atoms with E-state index >= 15 is 0 Å². The second-order valence-electron chi connectivity index (χ2n) is 7.35. The number of carbonyl (C=O) groups is 1. The normalized spacial score (nSPS) is 13.8. The zero-order valence-electron chi connectivity index (χ0n) is 16.9. The molecule has 0 saturated carbocycles. The summed E-state index contributed by atoms with van der Waals surface area (Å²) in [5, 5.41) is 5.79. The van der Waals surface area contributed by atoms with Gasteiger partial charge in [-0.2, -0.15) is 10.1 Å². The maximum absolute atomic E-state index is 13.1. The Morgan fingerprint density at radius 1 is 1.29 bits per heavy atom. The van der Waals surface area contributed by atoms with Crippen molar-refractivity contribution in [3.8, 4) is 0 Å². The molecule has 0 fully saturated rings. The zero-order valence-corrected chi connectivity index (χ0v) is 16.9. The summed E-state index contributed by atoms with van der Waals surface area (Å²) in [6.07, 6.45) is 0.719. The average molecular weight is 390 g/mol. The highest BCUT2D eigenvalue weighted by Gasteiger charge is 2.28. The minimum absolute atomic E-state index is 0.121. The molecule has 28 heavy (non-hydrogen) atoms. The van der Waals surface area contributed by atoms with E-state index in [-0.39, 0.29) is 24.4 Å². The number of hydrogen-bond donors (Lipinski definition) is 0. The number of carbonyl (C=O) groups excluding carboxylic acids is 1. The minimum Gasteiger partial charge on any atom is -0.465 e. The van der Waals surface area contributed by atoms with E-state index in [1.165, 1.54) is 14.1 Å². The SMILES string of the molecule is CCOC(=O)CN1N=C(C)Cn2c1nc1c2c(=O)n(CCC(C)C)c(=O)n1C. The Morgan fingerprint density at radius 2 is 2.00 bits per heavy atom. The number of hydrazone groups is 1. The molecule has 0 saturated heterocycles. The largest absolute Gasteiger partial charge is 0.465 e. The number of aryl methyl sites for hydroxylation is 1. The van der Waals surface area contributed by atoms with Crippen LogP contribution >= 0.6 is 0 Å². The van der Waals surface area contributed by atoms with Crippen molar-refractivity contribution in [2.45, 2.75) is 47.2 Å². The molecule has 0 amide bonds. The summed E-state index contributed by atoms with van der Waals surface area (Å²) in [5.74, 6) is 0.270. The van der Waals surface area contributed by atoms with Crippen molar-refractivity contribution in [2.75, 3.05) is 18.2 Å². The van der Waals surface area contributed by atoms with Crippen molar-refractivity contribution in [1.29, 1.82) is 0 Å². The van der Waals surface area contributed by atoms with Gasteiger partial charge in [0.25, 0.3) is 5.56 Å². The second-order valence-corrected chi connectivity index (χ2v) is 7.35. The van der Waals surface area contributed by atoms with Gasteiger partial charge in [-0.1, -0.05) is 13.8 Å². The molecule has 0 aromatic carbocycles. The van der Waals surface area contributed by atoms with Gasteiger partial charge in [-0.15, -0.1) is 0 Å².